The maximum atomic E-state index is 13.0. The molecule has 0 spiro atoms. The van der Waals surface area contributed by atoms with Crippen molar-refractivity contribution in [2.45, 2.75) is 20.4 Å². The van der Waals surface area contributed by atoms with E-state index in [0.29, 0.717) is 17.7 Å². The summed E-state index contributed by atoms with van der Waals surface area (Å²) in [7, 11) is 0. The highest BCUT2D eigenvalue weighted by Gasteiger charge is 2.21. The summed E-state index contributed by atoms with van der Waals surface area (Å²) in [6.07, 6.45) is 5.08. The molecule has 0 aliphatic rings. The van der Waals surface area contributed by atoms with Gasteiger partial charge in [0.25, 0.3) is 11.8 Å². The van der Waals surface area contributed by atoms with Crippen LogP contribution in [0.3, 0.4) is 0 Å². The standard InChI is InChI=1S/C23H21N5O2/c1-15-8-9-18(16(2)12-15)26-22(29)20-19-7-3-4-11-28(19)21(27-20)23(30)25-14-17-6-5-10-24-13-17/h3-13H,14H2,1-2H3,(H,25,30)(H,26,29). The summed E-state index contributed by atoms with van der Waals surface area (Å²) in [4.78, 5) is 34.1. The van der Waals surface area contributed by atoms with Crippen LogP contribution in [0.4, 0.5) is 5.69 Å². The number of carbonyl (C=O) groups excluding carboxylic acids is 2. The average Bonchev–Trinajstić information content (AvgIpc) is 3.15. The predicted molar refractivity (Wildman–Crippen MR) is 114 cm³/mol. The molecule has 2 amide bonds. The van der Waals surface area contributed by atoms with Crippen molar-refractivity contribution in [1.82, 2.24) is 19.7 Å². The molecular weight excluding hydrogens is 378 g/mol. The molecule has 3 aromatic heterocycles. The third kappa shape index (κ3) is 3.91. The summed E-state index contributed by atoms with van der Waals surface area (Å²) in [6, 6.07) is 14.8. The first kappa shape index (κ1) is 19.3. The molecule has 30 heavy (non-hydrogen) atoms. The van der Waals surface area contributed by atoms with Crippen LogP contribution in [0.2, 0.25) is 0 Å². The molecule has 1 aromatic carbocycles. The van der Waals surface area contributed by atoms with Crippen LogP contribution in [0.1, 0.15) is 37.8 Å². The zero-order valence-electron chi connectivity index (χ0n) is 16.7. The van der Waals surface area contributed by atoms with Crippen molar-refractivity contribution in [2.75, 3.05) is 5.32 Å². The topological polar surface area (TPSA) is 88.4 Å². The lowest BCUT2D eigenvalue weighted by Crippen LogP contribution is -2.25. The summed E-state index contributed by atoms with van der Waals surface area (Å²) < 4.78 is 1.62. The van der Waals surface area contributed by atoms with Crippen molar-refractivity contribution in [2.24, 2.45) is 0 Å². The van der Waals surface area contributed by atoms with Gasteiger partial charge in [-0.1, -0.05) is 29.8 Å². The summed E-state index contributed by atoms with van der Waals surface area (Å²) >= 11 is 0. The lowest BCUT2D eigenvalue weighted by atomic mass is 10.1. The molecule has 0 bridgehead atoms. The van der Waals surface area contributed by atoms with E-state index in [-0.39, 0.29) is 23.3 Å². The molecule has 3 heterocycles. The minimum absolute atomic E-state index is 0.153. The fourth-order valence-electron chi connectivity index (χ4n) is 3.26. The molecule has 0 aliphatic carbocycles. The van der Waals surface area contributed by atoms with E-state index < -0.39 is 0 Å². The molecular formula is C23H21N5O2. The van der Waals surface area contributed by atoms with Gasteiger partial charge in [0.2, 0.25) is 5.82 Å². The number of nitrogens with zero attached hydrogens (tertiary/aromatic N) is 3. The van der Waals surface area contributed by atoms with Crippen molar-refractivity contribution in [3.05, 3.63) is 95.3 Å². The van der Waals surface area contributed by atoms with Gasteiger partial charge in [0.1, 0.15) is 0 Å². The van der Waals surface area contributed by atoms with Gasteiger partial charge < -0.3 is 10.6 Å². The minimum Gasteiger partial charge on any atom is -0.345 e. The average molecular weight is 399 g/mol. The highest BCUT2D eigenvalue weighted by atomic mass is 16.2. The van der Waals surface area contributed by atoms with Gasteiger partial charge in [-0.2, -0.15) is 0 Å². The van der Waals surface area contributed by atoms with Crippen LogP contribution in [0, 0.1) is 13.8 Å². The molecule has 2 N–H and O–H groups in total. The van der Waals surface area contributed by atoms with Gasteiger partial charge in [-0.25, -0.2) is 4.98 Å². The molecule has 0 atom stereocenters. The largest absolute Gasteiger partial charge is 0.345 e. The van der Waals surface area contributed by atoms with Gasteiger partial charge in [-0.05, 0) is 49.2 Å². The number of aryl methyl sites for hydroxylation is 2. The molecule has 150 valence electrons. The fraction of sp³-hybridized carbons (Fsp3) is 0.130. The number of aromatic nitrogens is 3. The lowest BCUT2D eigenvalue weighted by Gasteiger charge is -2.08. The fourth-order valence-corrected chi connectivity index (χ4v) is 3.26. The number of anilines is 1. The van der Waals surface area contributed by atoms with Crippen LogP contribution in [-0.2, 0) is 6.54 Å². The first-order valence-corrected chi connectivity index (χ1v) is 9.56. The van der Waals surface area contributed by atoms with Crippen molar-refractivity contribution < 1.29 is 9.59 Å². The smallest absolute Gasteiger partial charge is 0.287 e. The van der Waals surface area contributed by atoms with Crippen LogP contribution in [0.25, 0.3) is 5.52 Å². The molecule has 0 unspecified atom stereocenters. The van der Waals surface area contributed by atoms with Crippen LogP contribution in [0.15, 0.2) is 67.1 Å². The van der Waals surface area contributed by atoms with Crippen molar-refractivity contribution >= 4 is 23.0 Å². The number of amides is 2. The van der Waals surface area contributed by atoms with Gasteiger partial charge in [0.05, 0.1) is 5.52 Å². The zero-order chi connectivity index (χ0) is 21.1. The Bertz CT molecular complexity index is 1230. The number of hydrogen-bond donors (Lipinski definition) is 2. The van der Waals surface area contributed by atoms with Crippen molar-refractivity contribution in [3.8, 4) is 0 Å². The van der Waals surface area contributed by atoms with E-state index in [1.807, 2.05) is 50.2 Å². The van der Waals surface area contributed by atoms with Crippen LogP contribution in [-0.4, -0.2) is 26.2 Å². The van der Waals surface area contributed by atoms with Gasteiger partial charge in [0.15, 0.2) is 5.69 Å². The number of pyridine rings is 2. The van der Waals surface area contributed by atoms with E-state index in [1.54, 1.807) is 35.1 Å². The lowest BCUT2D eigenvalue weighted by molar-refractivity contribution is 0.0940. The quantitative estimate of drug-likeness (QED) is 0.537. The summed E-state index contributed by atoms with van der Waals surface area (Å²) in [5.74, 6) is -0.581. The third-order valence-electron chi connectivity index (χ3n) is 4.77. The number of nitrogens with one attached hydrogen (secondary N) is 2. The van der Waals surface area contributed by atoms with E-state index in [0.717, 1.165) is 16.7 Å². The van der Waals surface area contributed by atoms with E-state index in [2.05, 4.69) is 20.6 Å². The van der Waals surface area contributed by atoms with E-state index in [9.17, 15) is 9.59 Å². The maximum Gasteiger partial charge on any atom is 0.287 e. The summed E-state index contributed by atoms with van der Waals surface area (Å²) in [5, 5.41) is 5.73. The maximum absolute atomic E-state index is 13.0. The zero-order valence-corrected chi connectivity index (χ0v) is 16.7. The normalized spacial score (nSPS) is 10.7. The minimum atomic E-state index is -0.370. The van der Waals surface area contributed by atoms with E-state index >= 15 is 0 Å². The summed E-state index contributed by atoms with van der Waals surface area (Å²) in [5.41, 5.74) is 4.42. The third-order valence-corrected chi connectivity index (χ3v) is 4.77. The monoisotopic (exact) mass is 399 g/mol. The van der Waals surface area contributed by atoms with E-state index in [4.69, 9.17) is 0 Å². The second kappa shape index (κ2) is 8.16. The molecule has 4 rings (SSSR count). The molecule has 7 nitrogen and oxygen atoms in total. The number of benzene rings is 1. The summed E-state index contributed by atoms with van der Waals surface area (Å²) in [6.45, 7) is 4.25. The first-order chi connectivity index (χ1) is 14.5. The van der Waals surface area contributed by atoms with E-state index in [1.165, 1.54) is 0 Å². The van der Waals surface area contributed by atoms with Crippen molar-refractivity contribution in [3.63, 3.8) is 0 Å². The van der Waals surface area contributed by atoms with Gasteiger partial charge in [-0.3, -0.25) is 19.0 Å². The number of hydrogen-bond acceptors (Lipinski definition) is 4. The molecule has 0 saturated carbocycles. The number of fused-ring (bicyclic) bond motifs is 1. The van der Waals surface area contributed by atoms with Crippen LogP contribution < -0.4 is 10.6 Å². The van der Waals surface area contributed by atoms with Gasteiger partial charge >= 0.3 is 0 Å². The second-order valence-corrected chi connectivity index (χ2v) is 7.06. The Labute approximate surface area is 173 Å². The SMILES string of the molecule is Cc1ccc(NC(=O)c2nc(C(=O)NCc3cccnc3)n3ccccc23)c(C)c1. The molecule has 0 radical (unpaired) electrons. The number of imidazole rings is 1. The Morgan fingerprint density at radius 2 is 1.90 bits per heavy atom. The molecule has 0 aliphatic heterocycles. The van der Waals surface area contributed by atoms with Crippen LogP contribution >= 0.6 is 0 Å². The molecule has 4 aromatic rings. The number of carbonyl (C=O) groups is 2. The second-order valence-electron chi connectivity index (χ2n) is 7.06. The Morgan fingerprint density at radius 1 is 1.03 bits per heavy atom. The van der Waals surface area contributed by atoms with Crippen molar-refractivity contribution in [1.29, 1.82) is 0 Å². The Morgan fingerprint density at radius 3 is 2.67 bits per heavy atom. The Balaban J connectivity index is 1.61. The molecule has 0 fully saturated rings. The van der Waals surface area contributed by atoms with Gasteiger partial charge in [0, 0.05) is 30.8 Å². The highest BCUT2D eigenvalue weighted by molar-refractivity contribution is 6.09. The first-order valence-electron chi connectivity index (χ1n) is 9.56. The predicted octanol–water partition coefficient (Wildman–Crippen LogP) is 3.53. The Kier molecular flexibility index (Phi) is 5.26. The van der Waals surface area contributed by atoms with Gasteiger partial charge in [-0.15, -0.1) is 0 Å². The molecule has 7 heteroatoms. The highest BCUT2D eigenvalue weighted by Crippen LogP contribution is 2.19. The molecule has 0 saturated heterocycles. The Hall–Kier alpha value is -4.00. The van der Waals surface area contributed by atoms with Crippen LogP contribution in [0.5, 0.6) is 0 Å². The number of rotatable bonds is 5.